The molecule has 100 valence electrons. The van der Waals surface area contributed by atoms with E-state index in [0.29, 0.717) is 24.4 Å². The van der Waals surface area contributed by atoms with Gasteiger partial charge in [0.05, 0.1) is 12.6 Å². The van der Waals surface area contributed by atoms with Crippen molar-refractivity contribution in [1.29, 1.82) is 0 Å². The van der Waals surface area contributed by atoms with Gasteiger partial charge in [0, 0.05) is 13.6 Å². The molecule has 1 amide bonds. The number of amides is 1. The summed E-state index contributed by atoms with van der Waals surface area (Å²) in [5.74, 6) is -0.573. The van der Waals surface area contributed by atoms with Crippen LogP contribution in [0.5, 0.6) is 0 Å². The maximum absolute atomic E-state index is 12.1. The molecule has 1 aliphatic rings. The third-order valence-corrected chi connectivity index (χ3v) is 2.68. The van der Waals surface area contributed by atoms with Gasteiger partial charge in [-0.2, -0.15) is 13.2 Å². The molecule has 0 aromatic carbocycles. The summed E-state index contributed by atoms with van der Waals surface area (Å²) in [7, 11) is 1.14. The van der Waals surface area contributed by atoms with E-state index in [2.05, 4.69) is 0 Å². The lowest BCUT2D eigenvalue weighted by Gasteiger charge is -2.30. The molecule has 0 spiro atoms. The van der Waals surface area contributed by atoms with Crippen LogP contribution in [-0.4, -0.2) is 66.3 Å². The number of piperidine rings is 1. The van der Waals surface area contributed by atoms with Crippen molar-refractivity contribution >= 4 is 5.91 Å². The molecule has 1 aliphatic heterocycles. The Labute approximate surface area is 98.0 Å². The molecule has 1 unspecified atom stereocenters. The van der Waals surface area contributed by atoms with E-state index in [1.165, 1.54) is 0 Å². The van der Waals surface area contributed by atoms with Crippen LogP contribution in [0.15, 0.2) is 0 Å². The van der Waals surface area contributed by atoms with Crippen molar-refractivity contribution in [3.8, 4) is 0 Å². The largest absolute Gasteiger partial charge is 0.406 e. The lowest BCUT2D eigenvalue weighted by atomic mass is 10.1. The lowest BCUT2D eigenvalue weighted by molar-refractivity contribution is -0.159. The molecule has 1 rings (SSSR count). The Morgan fingerprint density at radius 2 is 2.18 bits per heavy atom. The van der Waals surface area contributed by atoms with E-state index in [1.807, 2.05) is 0 Å². The molecule has 1 atom stereocenters. The zero-order valence-corrected chi connectivity index (χ0v) is 9.70. The van der Waals surface area contributed by atoms with Crippen molar-refractivity contribution in [3.05, 3.63) is 0 Å². The summed E-state index contributed by atoms with van der Waals surface area (Å²) in [4.78, 5) is 13.8. The zero-order chi connectivity index (χ0) is 13.1. The molecule has 0 saturated carbocycles. The lowest BCUT2D eigenvalue weighted by Crippen LogP contribution is -2.46. The summed E-state index contributed by atoms with van der Waals surface area (Å²) < 4.78 is 36.2. The van der Waals surface area contributed by atoms with Crippen molar-refractivity contribution in [3.63, 3.8) is 0 Å². The van der Waals surface area contributed by atoms with Crippen molar-refractivity contribution in [2.45, 2.75) is 25.1 Å². The summed E-state index contributed by atoms with van der Waals surface area (Å²) in [6.45, 7) is -0.305. The fourth-order valence-corrected chi connectivity index (χ4v) is 1.84. The van der Waals surface area contributed by atoms with Gasteiger partial charge < -0.3 is 10.0 Å². The molecule has 1 heterocycles. The predicted molar refractivity (Wildman–Crippen MR) is 55.4 cm³/mol. The van der Waals surface area contributed by atoms with Crippen molar-refractivity contribution < 1.29 is 23.1 Å². The number of likely N-dealkylation sites (tertiary alicyclic amines) is 1. The number of halogens is 3. The summed E-state index contributed by atoms with van der Waals surface area (Å²) in [5.41, 5.74) is 0. The number of carbonyl (C=O) groups is 1. The van der Waals surface area contributed by atoms with Gasteiger partial charge in [-0.3, -0.25) is 9.69 Å². The highest BCUT2D eigenvalue weighted by atomic mass is 19.4. The van der Waals surface area contributed by atoms with Crippen LogP contribution >= 0.6 is 0 Å². The minimum atomic E-state index is -4.37. The Kier molecular flexibility index (Phi) is 4.76. The molecular formula is C10H17F3N2O2. The van der Waals surface area contributed by atoms with Crippen molar-refractivity contribution in [2.24, 2.45) is 0 Å². The van der Waals surface area contributed by atoms with Crippen LogP contribution in [0, 0.1) is 0 Å². The van der Waals surface area contributed by atoms with Crippen molar-refractivity contribution in [1.82, 2.24) is 9.80 Å². The van der Waals surface area contributed by atoms with Crippen LogP contribution in [-0.2, 0) is 4.79 Å². The van der Waals surface area contributed by atoms with Gasteiger partial charge in [0.1, 0.15) is 6.54 Å². The van der Waals surface area contributed by atoms with Gasteiger partial charge >= 0.3 is 6.18 Å². The topological polar surface area (TPSA) is 43.8 Å². The molecule has 0 aromatic rings. The van der Waals surface area contributed by atoms with Crippen LogP contribution < -0.4 is 0 Å². The fraction of sp³-hybridized carbons (Fsp3) is 0.900. The summed E-state index contributed by atoms with van der Waals surface area (Å²) in [5, 5.41) is 9.37. The predicted octanol–water partition coefficient (Wildman–Crippen LogP) is 0.464. The molecular weight excluding hydrogens is 237 g/mol. The average molecular weight is 254 g/mol. The summed E-state index contributed by atoms with van der Waals surface area (Å²) in [6.07, 6.45) is -3.41. The monoisotopic (exact) mass is 254 g/mol. The molecule has 1 saturated heterocycles. The minimum absolute atomic E-state index is 0.0658. The highest BCUT2D eigenvalue weighted by Gasteiger charge is 2.31. The second-order valence-electron chi connectivity index (χ2n) is 4.40. The SMILES string of the molecule is CN(CC(F)(F)F)C(=O)CN1CCCC(O)C1. The molecule has 1 N–H and O–H groups in total. The Hall–Kier alpha value is -0.820. The number of nitrogens with zero attached hydrogens (tertiary/aromatic N) is 2. The Bertz CT molecular complexity index is 271. The number of rotatable bonds is 3. The molecule has 4 nitrogen and oxygen atoms in total. The van der Waals surface area contributed by atoms with Gasteiger partial charge in [-0.05, 0) is 19.4 Å². The van der Waals surface area contributed by atoms with E-state index in [-0.39, 0.29) is 6.54 Å². The fourth-order valence-electron chi connectivity index (χ4n) is 1.84. The quantitative estimate of drug-likeness (QED) is 0.796. The molecule has 7 heteroatoms. The normalized spacial score (nSPS) is 22.5. The molecule has 0 bridgehead atoms. The van der Waals surface area contributed by atoms with Crippen LogP contribution in [0.1, 0.15) is 12.8 Å². The van der Waals surface area contributed by atoms with E-state index in [0.717, 1.165) is 13.5 Å². The number of hydrogen-bond acceptors (Lipinski definition) is 3. The highest BCUT2D eigenvalue weighted by Crippen LogP contribution is 2.16. The zero-order valence-electron chi connectivity index (χ0n) is 9.70. The van der Waals surface area contributed by atoms with Gasteiger partial charge in [-0.25, -0.2) is 0 Å². The van der Waals surface area contributed by atoms with Crippen molar-refractivity contribution in [2.75, 3.05) is 33.2 Å². The average Bonchev–Trinajstić information content (AvgIpc) is 2.14. The molecule has 17 heavy (non-hydrogen) atoms. The number of likely N-dealkylation sites (N-methyl/N-ethyl adjacent to an activating group) is 1. The number of β-amino-alcohol motifs (C(OH)–C–C–N with tert-alkyl or cyclic N) is 1. The number of aliphatic hydroxyl groups is 1. The van der Waals surface area contributed by atoms with Gasteiger partial charge in [-0.15, -0.1) is 0 Å². The summed E-state index contributed by atoms with van der Waals surface area (Å²) >= 11 is 0. The first-order valence-corrected chi connectivity index (χ1v) is 5.49. The smallest absolute Gasteiger partial charge is 0.392 e. The van der Waals surface area contributed by atoms with Crippen LogP contribution in [0.2, 0.25) is 0 Å². The number of aliphatic hydroxyl groups excluding tert-OH is 1. The standard InChI is InChI=1S/C10H17F3N2O2/c1-14(7-10(11,12)13)9(17)6-15-4-2-3-8(16)5-15/h8,16H,2-7H2,1H3. The Balaban J connectivity index is 2.37. The minimum Gasteiger partial charge on any atom is -0.392 e. The van der Waals surface area contributed by atoms with Gasteiger partial charge in [-0.1, -0.05) is 0 Å². The number of hydrogen-bond donors (Lipinski definition) is 1. The van der Waals surface area contributed by atoms with E-state index >= 15 is 0 Å². The molecule has 0 radical (unpaired) electrons. The first kappa shape index (κ1) is 14.2. The number of alkyl halides is 3. The molecule has 0 aromatic heterocycles. The summed E-state index contributed by atoms with van der Waals surface area (Å²) in [6, 6.07) is 0. The Morgan fingerprint density at radius 3 is 2.71 bits per heavy atom. The second-order valence-corrected chi connectivity index (χ2v) is 4.40. The molecule has 0 aliphatic carbocycles. The first-order valence-electron chi connectivity index (χ1n) is 5.49. The maximum atomic E-state index is 12.1. The third-order valence-electron chi connectivity index (χ3n) is 2.68. The van der Waals surface area contributed by atoms with Gasteiger partial charge in [0.15, 0.2) is 0 Å². The number of carbonyl (C=O) groups excluding carboxylic acids is 1. The maximum Gasteiger partial charge on any atom is 0.406 e. The van der Waals surface area contributed by atoms with Gasteiger partial charge in [0.2, 0.25) is 5.91 Å². The van der Waals surface area contributed by atoms with E-state index in [4.69, 9.17) is 0 Å². The third kappa shape index (κ3) is 5.36. The Morgan fingerprint density at radius 1 is 1.53 bits per heavy atom. The van der Waals surface area contributed by atoms with E-state index < -0.39 is 24.7 Å². The highest BCUT2D eigenvalue weighted by molar-refractivity contribution is 5.78. The van der Waals surface area contributed by atoms with E-state index in [1.54, 1.807) is 4.90 Å². The van der Waals surface area contributed by atoms with E-state index in [9.17, 15) is 23.1 Å². The molecule has 1 fully saturated rings. The first-order chi connectivity index (χ1) is 7.78. The van der Waals surface area contributed by atoms with Crippen LogP contribution in [0.4, 0.5) is 13.2 Å². The van der Waals surface area contributed by atoms with Crippen LogP contribution in [0.25, 0.3) is 0 Å². The van der Waals surface area contributed by atoms with Crippen LogP contribution in [0.3, 0.4) is 0 Å². The van der Waals surface area contributed by atoms with Gasteiger partial charge in [0.25, 0.3) is 0 Å². The second kappa shape index (κ2) is 5.68.